The molecule has 0 saturated carbocycles. The van der Waals surface area contributed by atoms with E-state index in [2.05, 4.69) is 0 Å². The van der Waals surface area contributed by atoms with Crippen LogP contribution in [0.3, 0.4) is 0 Å². The Bertz CT molecular complexity index is 1190. The second kappa shape index (κ2) is 8.43. The van der Waals surface area contributed by atoms with Crippen LogP contribution < -0.4 is 13.9 Å². The lowest BCUT2D eigenvalue weighted by Gasteiger charge is -2.29. The Morgan fingerprint density at radius 3 is 2.39 bits per heavy atom. The molecule has 0 unspecified atom stereocenters. The number of para-hydroxylation sites is 2. The molecule has 0 aliphatic carbocycles. The number of anilines is 2. The van der Waals surface area contributed by atoms with Crippen molar-refractivity contribution in [3.8, 4) is 5.75 Å². The number of carbonyl (C=O) groups is 1. The molecule has 31 heavy (non-hydrogen) atoms. The first kappa shape index (κ1) is 20.9. The maximum atomic E-state index is 12.9. The lowest BCUT2D eigenvalue weighted by Crippen LogP contribution is -2.38. The molecule has 0 bridgehead atoms. The Hall–Kier alpha value is -3.32. The minimum Gasteiger partial charge on any atom is -0.490 e. The van der Waals surface area contributed by atoms with Crippen molar-refractivity contribution in [2.45, 2.75) is 18.2 Å². The van der Waals surface area contributed by atoms with Gasteiger partial charge in [-0.25, -0.2) is 8.42 Å². The van der Waals surface area contributed by atoms with Gasteiger partial charge in [0.15, 0.2) is 0 Å². The Labute approximate surface area is 182 Å². The van der Waals surface area contributed by atoms with E-state index in [1.165, 1.54) is 11.4 Å². The predicted octanol–water partition coefficient (Wildman–Crippen LogP) is 3.79. The van der Waals surface area contributed by atoms with Gasteiger partial charge in [-0.3, -0.25) is 9.10 Å². The van der Waals surface area contributed by atoms with E-state index >= 15 is 0 Å². The molecular formula is C24H24N2O4S. The fourth-order valence-electron chi connectivity index (χ4n) is 3.53. The third-order valence-corrected chi connectivity index (χ3v) is 7.16. The van der Waals surface area contributed by atoms with E-state index in [0.29, 0.717) is 24.6 Å². The molecule has 4 rings (SSSR count). The summed E-state index contributed by atoms with van der Waals surface area (Å²) in [7, 11) is -2.12. The number of sulfonamides is 1. The van der Waals surface area contributed by atoms with Gasteiger partial charge in [0, 0.05) is 7.05 Å². The SMILES string of the molecule is Cc1ccc(S(=O)(=O)N(C)c2ccc(CC(=O)N3CCOc4ccccc43)cc2)cc1. The van der Waals surface area contributed by atoms with Crippen LogP contribution in [0.4, 0.5) is 11.4 Å². The zero-order valence-corrected chi connectivity index (χ0v) is 18.3. The highest BCUT2D eigenvalue weighted by atomic mass is 32.2. The van der Waals surface area contributed by atoms with Crippen molar-refractivity contribution in [1.82, 2.24) is 0 Å². The van der Waals surface area contributed by atoms with E-state index in [-0.39, 0.29) is 17.2 Å². The Kier molecular flexibility index (Phi) is 5.69. The van der Waals surface area contributed by atoms with Gasteiger partial charge in [-0.2, -0.15) is 0 Å². The number of ether oxygens (including phenoxy) is 1. The highest BCUT2D eigenvalue weighted by molar-refractivity contribution is 7.92. The van der Waals surface area contributed by atoms with Crippen molar-refractivity contribution in [2.24, 2.45) is 0 Å². The van der Waals surface area contributed by atoms with E-state index in [9.17, 15) is 13.2 Å². The second-order valence-corrected chi connectivity index (χ2v) is 9.46. The molecule has 160 valence electrons. The monoisotopic (exact) mass is 436 g/mol. The van der Waals surface area contributed by atoms with E-state index in [4.69, 9.17) is 4.74 Å². The fraction of sp³-hybridized carbons (Fsp3) is 0.208. The van der Waals surface area contributed by atoms with Crippen molar-refractivity contribution < 1.29 is 17.9 Å². The molecule has 3 aromatic rings. The number of hydrogen-bond acceptors (Lipinski definition) is 4. The minimum absolute atomic E-state index is 0.0240. The summed E-state index contributed by atoms with van der Waals surface area (Å²) in [4.78, 5) is 14.9. The number of rotatable bonds is 5. The Morgan fingerprint density at radius 2 is 1.68 bits per heavy atom. The van der Waals surface area contributed by atoms with Crippen LogP contribution in [0.2, 0.25) is 0 Å². The van der Waals surface area contributed by atoms with Crippen LogP contribution in [0.1, 0.15) is 11.1 Å². The highest BCUT2D eigenvalue weighted by Crippen LogP contribution is 2.31. The molecule has 1 aliphatic rings. The maximum Gasteiger partial charge on any atom is 0.264 e. The first-order valence-electron chi connectivity index (χ1n) is 10.0. The number of benzene rings is 3. The molecule has 6 nitrogen and oxygen atoms in total. The maximum absolute atomic E-state index is 12.9. The van der Waals surface area contributed by atoms with E-state index in [1.807, 2.05) is 31.2 Å². The molecule has 3 aromatic carbocycles. The second-order valence-electron chi connectivity index (χ2n) is 7.49. The molecule has 1 amide bonds. The van der Waals surface area contributed by atoms with Crippen LogP contribution in [0.25, 0.3) is 0 Å². The zero-order valence-electron chi connectivity index (χ0n) is 17.5. The van der Waals surface area contributed by atoms with Gasteiger partial charge < -0.3 is 9.64 Å². The molecule has 0 radical (unpaired) electrons. The standard InChI is InChI=1S/C24H24N2O4S/c1-18-7-13-21(14-8-18)31(28,29)25(2)20-11-9-19(10-12-20)17-24(27)26-15-16-30-23-6-4-3-5-22(23)26/h3-14H,15-17H2,1-2H3. The van der Waals surface area contributed by atoms with Crippen LogP contribution in [0, 0.1) is 6.92 Å². The van der Waals surface area contributed by atoms with Crippen LogP contribution in [0.5, 0.6) is 5.75 Å². The Morgan fingerprint density at radius 1 is 1.00 bits per heavy atom. The minimum atomic E-state index is -3.65. The molecule has 0 atom stereocenters. The average molecular weight is 437 g/mol. The largest absolute Gasteiger partial charge is 0.490 e. The lowest BCUT2D eigenvalue weighted by molar-refractivity contribution is -0.118. The van der Waals surface area contributed by atoms with E-state index in [0.717, 1.165) is 16.8 Å². The number of aryl methyl sites for hydroxylation is 1. The molecule has 1 aliphatic heterocycles. The van der Waals surface area contributed by atoms with Gasteiger partial charge in [0.25, 0.3) is 10.0 Å². The van der Waals surface area contributed by atoms with E-state index < -0.39 is 10.0 Å². The van der Waals surface area contributed by atoms with Crippen LogP contribution in [-0.2, 0) is 21.2 Å². The van der Waals surface area contributed by atoms with Crippen LogP contribution in [0.15, 0.2) is 77.7 Å². The quantitative estimate of drug-likeness (QED) is 0.610. The molecular weight excluding hydrogens is 412 g/mol. The van der Waals surface area contributed by atoms with Gasteiger partial charge in [-0.05, 0) is 48.9 Å². The molecule has 0 aromatic heterocycles. The highest BCUT2D eigenvalue weighted by Gasteiger charge is 2.24. The molecule has 0 fully saturated rings. The van der Waals surface area contributed by atoms with Crippen molar-refractivity contribution in [1.29, 1.82) is 0 Å². The third-order valence-electron chi connectivity index (χ3n) is 5.36. The first-order valence-corrected chi connectivity index (χ1v) is 11.5. The average Bonchev–Trinajstić information content (AvgIpc) is 2.79. The smallest absolute Gasteiger partial charge is 0.264 e. The number of hydrogen-bond donors (Lipinski definition) is 0. The molecule has 0 N–H and O–H groups in total. The molecule has 1 heterocycles. The van der Waals surface area contributed by atoms with Gasteiger partial charge in [0.05, 0.1) is 29.2 Å². The summed E-state index contributed by atoms with van der Waals surface area (Å²) in [6.07, 6.45) is 0.225. The lowest BCUT2D eigenvalue weighted by atomic mass is 10.1. The summed E-state index contributed by atoms with van der Waals surface area (Å²) >= 11 is 0. The number of amides is 1. The van der Waals surface area contributed by atoms with E-state index in [1.54, 1.807) is 53.4 Å². The summed E-state index contributed by atoms with van der Waals surface area (Å²) in [5.41, 5.74) is 3.13. The summed E-state index contributed by atoms with van der Waals surface area (Å²) in [5.74, 6) is 0.685. The normalized spacial score (nSPS) is 13.3. The zero-order chi connectivity index (χ0) is 22.0. The molecule has 0 saturated heterocycles. The van der Waals surface area contributed by atoms with Gasteiger partial charge in [-0.1, -0.05) is 42.0 Å². The Balaban J connectivity index is 1.48. The third kappa shape index (κ3) is 4.27. The van der Waals surface area contributed by atoms with Crippen molar-refractivity contribution >= 4 is 27.3 Å². The van der Waals surface area contributed by atoms with Crippen LogP contribution >= 0.6 is 0 Å². The van der Waals surface area contributed by atoms with Crippen LogP contribution in [-0.4, -0.2) is 34.5 Å². The topological polar surface area (TPSA) is 66.9 Å². The van der Waals surface area contributed by atoms with Crippen molar-refractivity contribution in [3.05, 3.63) is 83.9 Å². The van der Waals surface area contributed by atoms with Crippen molar-refractivity contribution in [2.75, 3.05) is 29.4 Å². The number of fused-ring (bicyclic) bond motifs is 1. The predicted molar refractivity (Wildman–Crippen MR) is 121 cm³/mol. The van der Waals surface area contributed by atoms with Crippen molar-refractivity contribution in [3.63, 3.8) is 0 Å². The summed E-state index contributed by atoms with van der Waals surface area (Å²) < 4.78 is 32.6. The summed E-state index contributed by atoms with van der Waals surface area (Å²) in [6, 6.07) is 21.3. The van der Waals surface area contributed by atoms with Gasteiger partial charge in [-0.15, -0.1) is 0 Å². The first-order chi connectivity index (χ1) is 14.9. The van der Waals surface area contributed by atoms with Gasteiger partial charge in [0.1, 0.15) is 12.4 Å². The fourth-order valence-corrected chi connectivity index (χ4v) is 4.73. The van der Waals surface area contributed by atoms with Gasteiger partial charge in [0.2, 0.25) is 5.91 Å². The summed E-state index contributed by atoms with van der Waals surface area (Å²) in [5, 5.41) is 0. The number of nitrogens with zero attached hydrogens (tertiary/aromatic N) is 2. The summed E-state index contributed by atoms with van der Waals surface area (Å²) in [6.45, 7) is 2.88. The molecule has 7 heteroatoms. The van der Waals surface area contributed by atoms with Gasteiger partial charge >= 0.3 is 0 Å². The number of carbonyl (C=O) groups excluding carboxylic acids is 1. The molecule has 0 spiro atoms.